The van der Waals surface area contributed by atoms with E-state index in [9.17, 15) is 5.11 Å². The highest BCUT2D eigenvalue weighted by Gasteiger charge is 2.39. The largest absolute Gasteiger partial charge is 0.396 e. The van der Waals surface area contributed by atoms with Crippen molar-refractivity contribution < 1.29 is 5.11 Å². The second-order valence-electron chi connectivity index (χ2n) is 7.13. The molecule has 1 saturated heterocycles. The number of pyridine rings is 1. The standard InChI is InChI=1S/C18H28N2O/c1-2-15-6-7-17(19-11-15)12-20-9-3-8-18(13-20,14-21)10-16-4-5-16/h6-7,11,16,21H,2-5,8-10,12-14H2,1H3/t18-/m1/s1. The summed E-state index contributed by atoms with van der Waals surface area (Å²) in [6.07, 6.45) is 9.43. The van der Waals surface area contributed by atoms with Crippen LogP contribution in [0.3, 0.4) is 0 Å². The fraction of sp³-hybridized carbons (Fsp3) is 0.722. The Balaban J connectivity index is 1.61. The van der Waals surface area contributed by atoms with Gasteiger partial charge in [-0.3, -0.25) is 9.88 Å². The Labute approximate surface area is 128 Å². The van der Waals surface area contributed by atoms with Crippen LogP contribution in [0.5, 0.6) is 0 Å². The second-order valence-corrected chi connectivity index (χ2v) is 7.13. The Morgan fingerprint density at radius 1 is 1.38 bits per heavy atom. The van der Waals surface area contributed by atoms with Gasteiger partial charge in [0.2, 0.25) is 0 Å². The Bertz CT molecular complexity index is 455. The predicted molar refractivity (Wildman–Crippen MR) is 85.0 cm³/mol. The van der Waals surface area contributed by atoms with Gasteiger partial charge >= 0.3 is 0 Å². The molecule has 1 N–H and O–H groups in total. The molecule has 1 aromatic heterocycles. The molecule has 116 valence electrons. The van der Waals surface area contributed by atoms with Gasteiger partial charge in [-0.1, -0.05) is 25.8 Å². The number of aliphatic hydroxyl groups is 1. The molecular formula is C18H28N2O. The third-order valence-electron chi connectivity index (χ3n) is 5.17. The minimum Gasteiger partial charge on any atom is -0.396 e. The molecule has 1 atom stereocenters. The topological polar surface area (TPSA) is 36.4 Å². The van der Waals surface area contributed by atoms with E-state index in [0.717, 1.165) is 37.7 Å². The highest BCUT2D eigenvalue weighted by molar-refractivity contribution is 5.14. The Morgan fingerprint density at radius 3 is 2.86 bits per heavy atom. The van der Waals surface area contributed by atoms with Crippen molar-refractivity contribution in [2.75, 3.05) is 19.7 Å². The monoisotopic (exact) mass is 288 g/mol. The van der Waals surface area contributed by atoms with Crippen LogP contribution in [0.1, 0.15) is 50.3 Å². The van der Waals surface area contributed by atoms with Crippen LogP contribution >= 0.6 is 0 Å². The van der Waals surface area contributed by atoms with Crippen LogP contribution in [0.4, 0.5) is 0 Å². The van der Waals surface area contributed by atoms with Gasteiger partial charge < -0.3 is 5.11 Å². The van der Waals surface area contributed by atoms with Crippen molar-refractivity contribution in [1.29, 1.82) is 0 Å². The van der Waals surface area contributed by atoms with Crippen LogP contribution in [0, 0.1) is 11.3 Å². The number of aromatic nitrogens is 1. The summed E-state index contributed by atoms with van der Waals surface area (Å²) in [5.41, 5.74) is 2.62. The number of piperidine rings is 1. The van der Waals surface area contributed by atoms with Gasteiger partial charge in [0.15, 0.2) is 0 Å². The molecule has 3 rings (SSSR count). The van der Waals surface area contributed by atoms with E-state index in [1.165, 1.54) is 37.7 Å². The Kier molecular flexibility index (Phi) is 4.60. The average Bonchev–Trinajstić information content (AvgIpc) is 3.32. The SMILES string of the molecule is CCc1ccc(CN2CCC[C@@](CO)(CC3CC3)C2)nc1. The van der Waals surface area contributed by atoms with Gasteiger partial charge in [0, 0.05) is 31.3 Å². The quantitative estimate of drug-likeness (QED) is 0.874. The molecule has 1 aliphatic heterocycles. The number of nitrogens with zero attached hydrogens (tertiary/aromatic N) is 2. The number of rotatable bonds is 6. The van der Waals surface area contributed by atoms with E-state index in [2.05, 4.69) is 28.9 Å². The van der Waals surface area contributed by atoms with Crippen LogP contribution in [0.25, 0.3) is 0 Å². The summed E-state index contributed by atoms with van der Waals surface area (Å²) in [7, 11) is 0. The predicted octanol–water partition coefficient (Wildman–Crippen LogP) is 3.02. The zero-order valence-electron chi connectivity index (χ0n) is 13.2. The maximum atomic E-state index is 9.93. The van der Waals surface area contributed by atoms with E-state index in [1.54, 1.807) is 0 Å². The van der Waals surface area contributed by atoms with Gasteiger partial charge in [0.05, 0.1) is 5.69 Å². The first-order chi connectivity index (χ1) is 10.2. The molecule has 3 nitrogen and oxygen atoms in total. The average molecular weight is 288 g/mol. The van der Waals surface area contributed by atoms with Gasteiger partial charge in [-0.15, -0.1) is 0 Å². The van der Waals surface area contributed by atoms with Crippen molar-refractivity contribution in [2.24, 2.45) is 11.3 Å². The third kappa shape index (κ3) is 3.83. The molecule has 0 radical (unpaired) electrons. The zero-order valence-corrected chi connectivity index (χ0v) is 13.2. The maximum absolute atomic E-state index is 9.93. The lowest BCUT2D eigenvalue weighted by molar-refractivity contribution is 0.0175. The number of aryl methyl sites for hydroxylation is 1. The summed E-state index contributed by atoms with van der Waals surface area (Å²) >= 11 is 0. The van der Waals surface area contributed by atoms with Gasteiger partial charge in [0.1, 0.15) is 0 Å². The fourth-order valence-corrected chi connectivity index (χ4v) is 3.73. The molecule has 0 aromatic carbocycles. The van der Waals surface area contributed by atoms with Crippen LogP contribution in [0.2, 0.25) is 0 Å². The van der Waals surface area contributed by atoms with Crippen LogP contribution in [0.15, 0.2) is 18.3 Å². The highest BCUT2D eigenvalue weighted by atomic mass is 16.3. The van der Waals surface area contributed by atoms with E-state index in [1.807, 2.05) is 6.20 Å². The van der Waals surface area contributed by atoms with Crippen molar-refractivity contribution >= 4 is 0 Å². The molecule has 0 spiro atoms. The summed E-state index contributed by atoms with van der Waals surface area (Å²) in [5.74, 6) is 0.888. The first kappa shape index (κ1) is 15.0. The van der Waals surface area contributed by atoms with E-state index >= 15 is 0 Å². The maximum Gasteiger partial charge on any atom is 0.0544 e. The molecule has 2 fully saturated rings. The van der Waals surface area contributed by atoms with E-state index in [4.69, 9.17) is 0 Å². The van der Waals surface area contributed by atoms with Gasteiger partial charge in [-0.25, -0.2) is 0 Å². The van der Waals surface area contributed by atoms with Gasteiger partial charge in [0.25, 0.3) is 0 Å². The summed E-state index contributed by atoms with van der Waals surface area (Å²) < 4.78 is 0. The lowest BCUT2D eigenvalue weighted by Crippen LogP contribution is -2.45. The van der Waals surface area contributed by atoms with Crippen molar-refractivity contribution in [3.63, 3.8) is 0 Å². The lowest BCUT2D eigenvalue weighted by atomic mass is 9.76. The normalized spacial score (nSPS) is 27.0. The molecule has 0 amide bonds. The minimum atomic E-state index is 0.156. The van der Waals surface area contributed by atoms with Crippen LogP contribution in [-0.4, -0.2) is 34.7 Å². The molecule has 21 heavy (non-hydrogen) atoms. The zero-order chi connectivity index (χ0) is 14.7. The Morgan fingerprint density at radius 2 is 2.24 bits per heavy atom. The first-order valence-electron chi connectivity index (χ1n) is 8.50. The van der Waals surface area contributed by atoms with Crippen molar-refractivity contribution in [1.82, 2.24) is 9.88 Å². The summed E-state index contributed by atoms with van der Waals surface area (Å²) in [6, 6.07) is 4.35. The fourth-order valence-electron chi connectivity index (χ4n) is 3.73. The molecule has 0 bridgehead atoms. The van der Waals surface area contributed by atoms with E-state index in [0.29, 0.717) is 6.61 Å². The van der Waals surface area contributed by atoms with Crippen LogP contribution in [-0.2, 0) is 13.0 Å². The number of aliphatic hydroxyl groups excluding tert-OH is 1. The third-order valence-corrected chi connectivity index (χ3v) is 5.17. The molecule has 1 saturated carbocycles. The summed E-state index contributed by atoms with van der Waals surface area (Å²) in [6.45, 7) is 5.62. The van der Waals surface area contributed by atoms with E-state index in [-0.39, 0.29) is 5.41 Å². The molecule has 0 unspecified atom stereocenters. The van der Waals surface area contributed by atoms with Crippen molar-refractivity contribution in [3.05, 3.63) is 29.6 Å². The van der Waals surface area contributed by atoms with Crippen molar-refractivity contribution in [3.8, 4) is 0 Å². The van der Waals surface area contributed by atoms with Crippen LogP contribution < -0.4 is 0 Å². The summed E-state index contributed by atoms with van der Waals surface area (Å²) in [4.78, 5) is 7.08. The first-order valence-corrected chi connectivity index (χ1v) is 8.50. The molecule has 1 aliphatic carbocycles. The van der Waals surface area contributed by atoms with Gasteiger partial charge in [-0.2, -0.15) is 0 Å². The van der Waals surface area contributed by atoms with Crippen molar-refractivity contribution in [2.45, 2.75) is 52.0 Å². The number of hydrogen-bond donors (Lipinski definition) is 1. The highest BCUT2D eigenvalue weighted by Crippen LogP contribution is 2.44. The molecule has 3 heteroatoms. The molecule has 2 aliphatic rings. The number of hydrogen-bond acceptors (Lipinski definition) is 3. The molecule has 1 aromatic rings. The Hall–Kier alpha value is -0.930. The lowest BCUT2D eigenvalue weighted by Gasteiger charge is -2.42. The second kappa shape index (κ2) is 6.45. The number of likely N-dealkylation sites (tertiary alicyclic amines) is 1. The molecule has 2 heterocycles. The minimum absolute atomic E-state index is 0.156. The molecular weight excluding hydrogens is 260 g/mol. The summed E-state index contributed by atoms with van der Waals surface area (Å²) in [5, 5.41) is 9.93. The van der Waals surface area contributed by atoms with E-state index < -0.39 is 0 Å². The van der Waals surface area contributed by atoms with Gasteiger partial charge in [-0.05, 0) is 49.8 Å². The smallest absolute Gasteiger partial charge is 0.0544 e.